The van der Waals surface area contributed by atoms with E-state index in [0.717, 1.165) is 24.8 Å². The molecule has 1 saturated heterocycles. The number of hydrogen-bond donors (Lipinski definition) is 2. The van der Waals surface area contributed by atoms with E-state index in [4.69, 9.17) is 5.73 Å². The fourth-order valence-electron chi connectivity index (χ4n) is 4.24. The van der Waals surface area contributed by atoms with Crippen molar-refractivity contribution in [3.63, 3.8) is 0 Å². The highest BCUT2D eigenvalue weighted by molar-refractivity contribution is 7.10. The van der Waals surface area contributed by atoms with E-state index in [1.165, 1.54) is 11.1 Å². The summed E-state index contributed by atoms with van der Waals surface area (Å²) in [6.45, 7) is 2.47. The van der Waals surface area contributed by atoms with E-state index < -0.39 is 11.8 Å². The molecule has 3 N–H and O–H groups in total. The maximum Gasteiger partial charge on any atom is 0.313 e. The largest absolute Gasteiger partial charge is 0.383 e. The highest BCUT2D eigenvalue weighted by atomic mass is 32.1. The van der Waals surface area contributed by atoms with Crippen LogP contribution in [0.1, 0.15) is 35.7 Å². The summed E-state index contributed by atoms with van der Waals surface area (Å²) >= 11 is 1.66. The highest BCUT2D eigenvalue weighted by Gasteiger charge is 2.44. The lowest BCUT2D eigenvalue weighted by Crippen LogP contribution is -2.47. The Hall–Kier alpha value is -2.41. The van der Waals surface area contributed by atoms with E-state index in [1.54, 1.807) is 22.3 Å². The molecule has 1 saturated carbocycles. The van der Waals surface area contributed by atoms with Crippen LogP contribution in [0.4, 0.5) is 11.5 Å². The van der Waals surface area contributed by atoms with Crippen LogP contribution < -0.4 is 11.1 Å². The standard InChI is InChI=1S/C19H22N4O2S/c1-11-7-14(9-21-17(11)20)22-18(24)19(25)23-10-12-4-5-13(8-12)16(23)15-3-2-6-26-15/h2-3,6-7,9,12-13,16H,4-5,8,10H2,1H3,(H2,20,21)(H,22,24)/t12-,13+,16-/m1/s1. The van der Waals surface area contributed by atoms with Crippen LogP contribution in [-0.4, -0.2) is 28.2 Å². The summed E-state index contributed by atoms with van der Waals surface area (Å²) in [6, 6.07) is 5.81. The van der Waals surface area contributed by atoms with Crippen LogP contribution in [0.2, 0.25) is 0 Å². The number of nitrogen functional groups attached to an aromatic ring is 1. The molecule has 7 heteroatoms. The smallest absolute Gasteiger partial charge is 0.313 e. The molecule has 0 unspecified atom stereocenters. The number of thiophene rings is 1. The maximum atomic E-state index is 13.0. The van der Waals surface area contributed by atoms with Crippen molar-refractivity contribution in [3.8, 4) is 0 Å². The summed E-state index contributed by atoms with van der Waals surface area (Å²) in [7, 11) is 0. The number of pyridine rings is 1. The molecule has 2 amide bonds. The highest BCUT2D eigenvalue weighted by Crippen LogP contribution is 2.48. The number of amides is 2. The van der Waals surface area contributed by atoms with Crippen LogP contribution in [0.25, 0.3) is 0 Å². The van der Waals surface area contributed by atoms with Crippen LogP contribution in [-0.2, 0) is 9.59 Å². The van der Waals surface area contributed by atoms with Gasteiger partial charge in [-0.25, -0.2) is 4.98 Å². The first-order valence-corrected chi connectivity index (χ1v) is 9.78. The number of aryl methyl sites for hydroxylation is 1. The Morgan fingerprint density at radius 2 is 2.23 bits per heavy atom. The van der Waals surface area contributed by atoms with Gasteiger partial charge in [-0.1, -0.05) is 6.07 Å². The predicted molar refractivity (Wildman–Crippen MR) is 102 cm³/mol. The molecular formula is C19H22N4O2S. The van der Waals surface area contributed by atoms with Crippen LogP contribution >= 0.6 is 11.3 Å². The number of anilines is 2. The van der Waals surface area contributed by atoms with Gasteiger partial charge < -0.3 is 16.0 Å². The van der Waals surface area contributed by atoms with Crippen molar-refractivity contribution in [1.29, 1.82) is 0 Å². The zero-order valence-electron chi connectivity index (χ0n) is 14.6. The number of carbonyl (C=O) groups is 2. The molecule has 2 aromatic heterocycles. The number of nitrogens with two attached hydrogens (primary N) is 1. The van der Waals surface area contributed by atoms with E-state index in [2.05, 4.69) is 16.4 Å². The van der Waals surface area contributed by atoms with Crippen molar-refractivity contribution in [2.75, 3.05) is 17.6 Å². The van der Waals surface area contributed by atoms with Gasteiger partial charge in [0.25, 0.3) is 0 Å². The summed E-state index contributed by atoms with van der Waals surface area (Å²) in [5.74, 6) is 0.297. The van der Waals surface area contributed by atoms with Gasteiger partial charge in [0.1, 0.15) is 5.82 Å². The normalized spacial score (nSPS) is 24.5. The van der Waals surface area contributed by atoms with Gasteiger partial charge in [-0.3, -0.25) is 9.59 Å². The molecule has 3 atom stereocenters. The third-order valence-electron chi connectivity index (χ3n) is 5.49. The molecule has 2 aromatic rings. The van der Waals surface area contributed by atoms with Crippen molar-refractivity contribution in [3.05, 3.63) is 40.2 Å². The lowest BCUT2D eigenvalue weighted by Gasteiger charge is -2.39. The lowest BCUT2D eigenvalue weighted by molar-refractivity contribution is -0.147. The minimum Gasteiger partial charge on any atom is -0.383 e. The average Bonchev–Trinajstić information content (AvgIpc) is 3.28. The number of aromatic nitrogens is 1. The summed E-state index contributed by atoms with van der Waals surface area (Å²) in [5.41, 5.74) is 6.96. The number of carbonyl (C=O) groups excluding carboxylic acids is 2. The summed E-state index contributed by atoms with van der Waals surface area (Å²) in [4.78, 5) is 32.5. The Kier molecular flexibility index (Phi) is 4.40. The van der Waals surface area contributed by atoms with Gasteiger partial charge in [-0.2, -0.15) is 0 Å². The number of nitrogens with one attached hydrogen (secondary N) is 1. The lowest BCUT2D eigenvalue weighted by atomic mass is 9.89. The zero-order valence-corrected chi connectivity index (χ0v) is 15.5. The van der Waals surface area contributed by atoms with Crippen molar-refractivity contribution in [2.45, 2.75) is 32.2 Å². The van der Waals surface area contributed by atoms with Gasteiger partial charge in [-0.05, 0) is 61.1 Å². The van der Waals surface area contributed by atoms with Gasteiger partial charge in [0.15, 0.2) is 0 Å². The van der Waals surface area contributed by atoms with Gasteiger partial charge in [0, 0.05) is 11.4 Å². The second-order valence-corrected chi connectivity index (χ2v) is 8.22. The quantitative estimate of drug-likeness (QED) is 0.796. The Morgan fingerprint density at radius 3 is 2.96 bits per heavy atom. The van der Waals surface area contributed by atoms with Gasteiger partial charge >= 0.3 is 11.8 Å². The average molecular weight is 370 g/mol. The fraction of sp³-hybridized carbons (Fsp3) is 0.421. The molecule has 26 heavy (non-hydrogen) atoms. The molecule has 4 rings (SSSR count). The number of fused-ring (bicyclic) bond motifs is 2. The van der Waals surface area contributed by atoms with E-state index in [0.29, 0.717) is 29.9 Å². The molecule has 136 valence electrons. The third kappa shape index (κ3) is 3.07. The molecule has 1 aliphatic heterocycles. The number of likely N-dealkylation sites (tertiary alicyclic amines) is 1. The minimum atomic E-state index is -0.612. The van der Waals surface area contributed by atoms with Crippen molar-refractivity contribution < 1.29 is 9.59 Å². The van der Waals surface area contributed by atoms with Crippen LogP contribution in [0.3, 0.4) is 0 Å². The van der Waals surface area contributed by atoms with E-state index in [-0.39, 0.29) is 6.04 Å². The van der Waals surface area contributed by atoms with Gasteiger partial charge in [0.2, 0.25) is 0 Å². The monoisotopic (exact) mass is 370 g/mol. The molecule has 2 bridgehead atoms. The molecule has 1 aliphatic carbocycles. The maximum absolute atomic E-state index is 13.0. The third-order valence-corrected chi connectivity index (χ3v) is 6.43. The second-order valence-electron chi connectivity index (χ2n) is 7.24. The number of hydrogen-bond acceptors (Lipinski definition) is 5. The second kappa shape index (κ2) is 6.72. The fourth-order valence-corrected chi connectivity index (χ4v) is 5.17. The molecule has 3 heterocycles. The topological polar surface area (TPSA) is 88.3 Å². The molecule has 6 nitrogen and oxygen atoms in total. The number of rotatable bonds is 2. The first-order chi connectivity index (χ1) is 12.5. The SMILES string of the molecule is Cc1cc(NC(=O)C(=O)N2C[C@@H]3CC[C@@H](C3)[C@@H]2c2cccs2)cnc1N. The molecule has 2 fully saturated rings. The number of piperidine rings is 1. The first kappa shape index (κ1) is 17.0. The Labute approximate surface area is 156 Å². The summed E-state index contributed by atoms with van der Waals surface area (Å²) in [6.07, 6.45) is 4.89. The molecule has 0 radical (unpaired) electrons. The van der Waals surface area contributed by atoms with E-state index in [9.17, 15) is 9.59 Å². The minimum absolute atomic E-state index is 0.0123. The number of nitrogens with zero attached hydrogens (tertiary/aromatic N) is 2. The van der Waals surface area contributed by atoms with E-state index >= 15 is 0 Å². The Balaban J connectivity index is 1.55. The Bertz CT molecular complexity index is 836. The van der Waals surface area contributed by atoms with Crippen molar-refractivity contribution in [2.24, 2.45) is 11.8 Å². The van der Waals surface area contributed by atoms with Gasteiger partial charge in [-0.15, -0.1) is 11.3 Å². The molecular weight excluding hydrogens is 348 g/mol. The molecule has 2 aliphatic rings. The molecule has 0 aromatic carbocycles. The summed E-state index contributed by atoms with van der Waals surface area (Å²) < 4.78 is 0. The Morgan fingerprint density at radius 1 is 1.38 bits per heavy atom. The molecule has 0 spiro atoms. The van der Waals surface area contributed by atoms with Crippen LogP contribution in [0.5, 0.6) is 0 Å². The zero-order chi connectivity index (χ0) is 18.3. The summed E-state index contributed by atoms with van der Waals surface area (Å²) in [5, 5.41) is 4.71. The van der Waals surface area contributed by atoms with E-state index in [1.807, 2.05) is 18.4 Å². The van der Waals surface area contributed by atoms with Crippen LogP contribution in [0, 0.1) is 18.8 Å². The van der Waals surface area contributed by atoms with Crippen LogP contribution in [0.15, 0.2) is 29.8 Å². The van der Waals surface area contributed by atoms with Crippen molar-refractivity contribution >= 4 is 34.7 Å². The van der Waals surface area contributed by atoms with Gasteiger partial charge in [0.05, 0.1) is 17.9 Å². The van der Waals surface area contributed by atoms with Crippen molar-refractivity contribution in [1.82, 2.24) is 9.88 Å². The predicted octanol–water partition coefficient (Wildman–Crippen LogP) is 2.97. The first-order valence-electron chi connectivity index (χ1n) is 8.90.